The van der Waals surface area contributed by atoms with E-state index in [4.69, 9.17) is 4.74 Å². The third-order valence-corrected chi connectivity index (χ3v) is 2.66. The van der Waals surface area contributed by atoms with Gasteiger partial charge in [0.25, 0.3) is 5.91 Å². The molecule has 0 aliphatic heterocycles. The minimum absolute atomic E-state index is 0.230. The van der Waals surface area contributed by atoms with E-state index in [2.05, 4.69) is 15.6 Å². The quantitative estimate of drug-likeness (QED) is 0.792. The number of aromatic nitrogens is 1. The molecule has 0 bridgehead atoms. The number of rotatable bonds is 6. The number of nitrogens with one attached hydrogen (secondary N) is 2. The minimum Gasteiger partial charge on any atom is -0.383 e. The molecule has 0 unspecified atom stereocenters. The van der Waals surface area contributed by atoms with Gasteiger partial charge in [-0.1, -0.05) is 18.2 Å². The summed E-state index contributed by atoms with van der Waals surface area (Å²) in [6.45, 7) is 1.29. The van der Waals surface area contributed by atoms with Crippen LogP contribution in [0.15, 0.2) is 48.7 Å². The van der Waals surface area contributed by atoms with Crippen LogP contribution in [0.3, 0.4) is 0 Å². The van der Waals surface area contributed by atoms with Gasteiger partial charge >= 0.3 is 0 Å². The Hall–Kier alpha value is -2.40. The van der Waals surface area contributed by atoms with E-state index in [1.807, 2.05) is 36.4 Å². The van der Waals surface area contributed by atoms with Crippen molar-refractivity contribution in [1.82, 2.24) is 4.98 Å². The number of ether oxygens (including phenoxy) is 1. The summed E-state index contributed by atoms with van der Waals surface area (Å²) in [6, 6.07) is 12.8. The lowest BCUT2D eigenvalue weighted by atomic mass is 10.2. The Morgan fingerprint density at radius 3 is 2.75 bits per heavy atom. The van der Waals surface area contributed by atoms with E-state index < -0.39 is 0 Å². The van der Waals surface area contributed by atoms with Crippen molar-refractivity contribution in [1.29, 1.82) is 0 Å². The summed E-state index contributed by atoms with van der Waals surface area (Å²) in [6.07, 6.45) is 1.61. The highest BCUT2D eigenvalue weighted by Gasteiger charge is 2.08. The average Bonchev–Trinajstić information content (AvgIpc) is 2.49. The SMILES string of the molecule is COCCNc1ccnc(C(=O)Nc2ccccc2)c1. The van der Waals surface area contributed by atoms with Crippen molar-refractivity contribution in [2.75, 3.05) is 30.9 Å². The van der Waals surface area contributed by atoms with Crippen LogP contribution >= 0.6 is 0 Å². The molecule has 1 amide bonds. The van der Waals surface area contributed by atoms with E-state index in [0.717, 1.165) is 11.4 Å². The molecule has 0 fully saturated rings. The van der Waals surface area contributed by atoms with Gasteiger partial charge in [-0.15, -0.1) is 0 Å². The van der Waals surface area contributed by atoms with Gasteiger partial charge in [0.2, 0.25) is 0 Å². The number of pyridine rings is 1. The van der Waals surface area contributed by atoms with Crippen LogP contribution < -0.4 is 10.6 Å². The van der Waals surface area contributed by atoms with Crippen molar-refractivity contribution in [3.05, 3.63) is 54.4 Å². The maximum absolute atomic E-state index is 12.1. The lowest BCUT2D eigenvalue weighted by Gasteiger charge is -2.08. The van der Waals surface area contributed by atoms with Crippen molar-refractivity contribution >= 4 is 17.3 Å². The van der Waals surface area contributed by atoms with Crippen molar-refractivity contribution in [3.8, 4) is 0 Å². The molecule has 5 heteroatoms. The number of carbonyl (C=O) groups is 1. The second-order valence-corrected chi connectivity index (χ2v) is 4.17. The van der Waals surface area contributed by atoms with Gasteiger partial charge in [0.1, 0.15) is 5.69 Å². The summed E-state index contributed by atoms with van der Waals surface area (Å²) in [4.78, 5) is 16.2. The Labute approximate surface area is 118 Å². The van der Waals surface area contributed by atoms with Gasteiger partial charge in [-0.05, 0) is 24.3 Å². The number of hydrogen-bond donors (Lipinski definition) is 2. The van der Waals surface area contributed by atoms with Crippen molar-refractivity contribution < 1.29 is 9.53 Å². The summed E-state index contributed by atoms with van der Waals surface area (Å²) in [5, 5.41) is 5.96. The van der Waals surface area contributed by atoms with Crippen LogP contribution in [-0.2, 0) is 4.74 Å². The predicted octanol–water partition coefficient (Wildman–Crippen LogP) is 2.39. The molecule has 2 aromatic rings. The standard InChI is InChI=1S/C15H17N3O2/c1-20-10-9-16-13-7-8-17-14(11-13)15(19)18-12-5-3-2-4-6-12/h2-8,11H,9-10H2,1H3,(H,16,17)(H,18,19). The molecule has 0 aliphatic carbocycles. The number of carbonyl (C=O) groups excluding carboxylic acids is 1. The highest BCUT2D eigenvalue weighted by atomic mass is 16.5. The molecule has 0 atom stereocenters. The smallest absolute Gasteiger partial charge is 0.274 e. The van der Waals surface area contributed by atoms with E-state index in [-0.39, 0.29) is 5.91 Å². The second kappa shape index (κ2) is 7.25. The maximum atomic E-state index is 12.1. The summed E-state index contributed by atoms with van der Waals surface area (Å²) in [7, 11) is 1.65. The summed E-state index contributed by atoms with van der Waals surface area (Å²) in [5.41, 5.74) is 1.96. The highest BCUT2D eigenvalue weighted by molar-refractivity contribution is 6.03. The predicted molar refractivity (Wildman–Crippen MR) is 79.0 cm³/mol. The third-order valence-electron chi connectivity index (χ3n) is 2.66. The molecule has 1 aromatic carbocycles. The molecule has 104 valence electrons. The van der Waals surface area contributed by atoms with E-state index in [1.165, 1.54) is 0 Å². The van der Waals surface area contributed by atoms with Crippen molar-refractivity contribution in [2.45, 2.75) is 0 Å². The lowest BCUT2D eigenvalue weighted by molar-refractivity contribution is 0.102. The molecule has 0 aliphatic rings. The molecule has 1 heterocycles. The van der Waals surface area contributed by atoms with Crippen LogP contribution in [-0.4, -0.2) is 31.2 Å². The average molecular weight is 271 g/mol. The van der Waals surface area contributed by atoms with E-state index in [9.17, 15) is 4.79 Å². The monoisotopic (exact) mass is 271 g/mol. The summed E-state index contributed by atoms with van der Waals surface area (Å²) >= 11 is 0. The van der Waals surface area contributed by atoms with E-state index >= 15 is 0 Å². The fraction of sp³-hybridized carbons (Fsp3) is 0.200. The third kappa shape index (κ3) is 4.07. The molecule has 2 rings (SSSR count). The molecule has 1 aromatic heterocycles. The zero-order valence-corrected chi connectivity index (χ0v) is 11.3. The fourth-order valence-electron chi connectivity index (χ4n) is 1.68. The van der Waals surface area contributed by atoms with Crippen molar-refractivity contribution in [2.24, 2.45) is 0 Å². The normalized spacial score (nSPS) is 10.1. The zero-order valence-electron chi connectivity index (χ0n) is 11.3. The molecule has 20 heavy (non-hydrogen) atoms. The summed E-state index contributed by atoms with van der Waals surface area (Å²) < 4.78 is 4.96. The van der Waals surface area contributed by atoms with Crippen LogP contribution in [0.1, 0.15) is 10.5 Å². The Morgan fingerprint density at radius 1 is 1.20 bits per heavy atom. The van der Waals surface area contributed by atoms with Crippen LogP contribution in [0.2, 0.25) is 0 Å². The summed E-state index contributed by atoms with van der Waals surface area (Å²) in [5.74, 6) is -0.230. The number of benzene rings is 1. The van der Waals surface area contributed by atoms with Gasteiger partial charge in [-0.25, -0.2) is 0 Å². The van der Waals surface area contributed by atoms with E-state index in [1.54, 1.807) is 19.4 Å². The zero-order chi connectivity index (χ0) is 14.2. The fourth-order valence-corrected chi connectivity index (χ4v) is 1.68. The molecule has 2 N–H and O–H groups in total. The van der Waals surface area contributed by atoms with Gasteiger partial charge in [0.15, 0.2) is 0 Å². The molecule has 5 nitrogen and oxygen atoms in total. The van der Waals surface area contributed by atoms with Gasteiger partial charge in [-0.2, -0.15) is 0 Å². The minimum atomic E-state index is -0.230. The maximum Gasteiger partial charge on any atom is 0.274 e. The largest absolute Gasteiger partial charge is 0.383 e. The number of hydrogen-bond acceptors (Lipinski definition) is 4. The van der Waals surface area contributed by atoms with Crippen LogP contribution in [0, 0.1) is 0 Å². The number of methoxy groups -OCH3 is 1. The van der Waals surface area contributed by atoms with Crippen LogP contribution in [0.5, 0.6) is 0 Å². The molecule has 0 spiro atoms. The van der Waals surface area contributed by atoms with Crippen LogP contribution in [0.4, 0.5) is 11.4 Å². The number of amides is 1. The Kier molecular flexibility index (Phi) is 5.08. The molecule has 0 saturated heterocycles. The first-order valence-corrected chi connectivity index (χ1v) is 6.35. The second-order valence-electron chi connectivity index (χ2n) is 4.17. The number of nitrogens with zero attached hydrogens (tertiary/aromatic N) is 1. The first-order valence-electron chi connectivity index (χ1n) is 6.35. The molecule has 0 radical (unpaired) electrons. The van der Waals surface area contributed by atoms with Gasteiger partial charge in [0.05, 0.1) is 6.61 Å². The topological polar surface area (TPSA) is 63.2 Å². The van der Waals surface area contributed by atoms with Crippen LogP contribution in [0.25, 0.3) is 0 Å². The van der Waals surface area contributed by atoms with Crippen molar-refractivity contribution in [3.63, 3.8) is 0 Å². The van der Waals surface area contributed by atoms with Gasteiger partial charge in [-0.3, -0.25) is 9.78 Å². The number of para-hydroxylation sites is 1. The van der Waals surface area contributed by atoms with Gasteiger partial charge < -0.3 is 15.4 Å². The Balaban J connectivity index is 2.01. The number of anilines is 2. The first kappa shape index (κ1) is 14.0. The van der Waals surface area contributed by atoms with Gasteiger partial charge in [0, 0.05) is 31.2 Å². The highest BCUT2D eigenvalue weighted by Crippen LogP contribution is 2.11. The Morgan fingerprint density at radius 2 is 2.00 bits per heavy atom. The van der Waals surface area contributed by atoms with E-state index in [0.29, 0.717) is 18.8 Å². The molecular weight excluding hydrogens is 254 g/mol. The first-order chi connectivity index (χ1) is 9.79. The molecular formula is C15H17N3O2. The Bertz CT molecular complexity index is 558. The lowest BCUT2D eigenvalue weighted by Crippen LogP contribution is -2.14. The molecule has 0 saturated carbocycles.